The molecule has 0 aliphatic carbocycles. The van der Waals surface area contributed by atoms with Gasteiger partial charge in [0.05, 0.1) is 36.9 Å². The topological polar surface area (TPSA) is 170 Å². The number of rotatable bonds is 7. The fourth-order valence-corrected chi connectivity index (χ4v) is 7.27. The number of nitrogens with two attached hydrogens (primary N) is 1. The number of hydrogen-bond donors (Lipinski definition) is 3. The van der Waals surface area contributed by atoms with Crippen LogP contribution in [-0.4, -0.2) is 99.0 Å². The Bertz CT molecular complexity index is 1120. The number of amides is 2. The zero-order chi connectivity index (χ0) is 25.0. The summed E-state index contributed by atoms with van der Waals surface area (Å²) in [6.07, 6.45) is 2.09. The maximum Gasteiger partial charge on any atom is 0.276 e. The van der Waals surface area contributed by atoms with Crippen molar-refractivity contribution in [1.29, 1.82) is 0 Å². The normalized spacial score (nSPS) is 32.2. The van der Waals surface area contributed by atoms with Gasteiger partial charge in [-0.3, -0.25) is 14.5 Å². The maximum atomic E-state index is 13.0. The summed E-state index contributed by atoms with van der Waals surface area (Å²) < 4.78 is 0.718. The number of fused-ring (bicyclic) bond motifs is 4. The number of nitrogens with one attached hydrogen (secondary N) is 1. The second-order valence-electron chi connectivity index (χ2n) is 9.44. The van der Waals surface area contributed by atoms with Gasteiger partial charge < -0.3 is 35.4 Å². The van der Waals surface area contributed by atoms with E-state index in [1.165, 1.54) is 23.8 Å². The van der Waals surface area contributed by atoms with Gasteiger partial charge in [-0.25, -0.2) is 4.98 Å². The molecule has 0 radical (unpaired) electrons. The van der Waals surface area contributed by atoms with Crippen LogP contribution in [0.1, 0.15) is 25.0 Å². The molecule has 0 saturated carbocycles. The van der Waals surface area contributed by atoms with Gasteiger partial charge in [0.1, 0.15) is 30.8 Å². The average Bonchev–Trinajstić information content (AvgIpc) is 3.27. The van der Waals surface area contributed by atoms with E-state index < -0.39 is 34.8 Å². The fraction of sp³-hybridized carbons (Fsp3) is 0.571. The highest BCUT2D eigenvalue weighted by Crippen LogP contribution is 2.43. The number of aliphatic hydroxyl groups is 1. The smallest absolute Gasteiger partial charge is 0.276 e. The molecule has 6 rings (SSSR count). The number of anilines is 1. The Balaban J connectivity index is 1.33. The second-order valence-corrected chi connectivity index (χ2v) is 11.4. The van der Waals surface area contributed by atoms with E-state index in [2.05, 4.69) is 15.5 Å². The Hall–Kier alpha value is -2.68. The number of aromatic nitrogens is 1. The third-order valence-corrected chi connectivity index (χ3v) is 9.38. The van der Waals surface area contributed by atoms with Crippen molar-refractivity contribution in [3.63, 3.8) is 0 Å². The van der Waals surface area contributed by atoms with Gasteiger partial charge >= 0.3 is 0 Å². The standard InChI is InChI=1S/C21H26N6O6S2/c1-33-25-13(12-10-35-20(22)23-12)16(28)24-14-17(29)26-15(19(30)31)11(9-34-18(14)26)8-27-5-2-21(32,3-6-27)4-7-27/h10,14,18,32H,2-9H2,1H3,(H3-,22,23,24,28,30,31)/b25-13-/t14-,18-,21?,27?/m1/s1. The van der Waals surface area contributed by atoms with Gasteiger partial charge in [-0.05, 0) is 0 Å². The van der Waals surface area contributed by atoms with E-state index in [0.29, 0.717) is 37.1 Å². The molecule has 5 aliphatic heterocycles. The number of oxime groups is 1. The number of carboxylic acids is 1. The zero-order valence-electron chi connectivity index (χ0n) is 19.1. The van der Waals surface area contributed by atoms with Crippen LogP contribution in [0, 0.1) is 0 Å². The van der Waals surface area contributed by atoms with E-state index in [1.807, 2.05) is 0 Å². The number of nitrogen functional groups attached to an aromatic ring is 1. The van der Waals surface area contributed by atoms with Crippen LogP contribution < -0.4 is 16.2 Å². The van der Waals surface area contributed by atoms with Gasteiger partial charge in [0.2, 0.25) is 0 Å². The number of carboxylic acid groups (broad SMARTS) is 1. The van der Waals surface area contributed by atoms with Crippen LogP contribution in [0.25, 0.3) is 0 Å². The molecule has 12 nitrogen and oxygen atoms in total. The Morgan fingerprint density at radius 1 is 1.40 bits per heavy atom. The van der Waals surface area contributed by atoms with E-state index >= 15 is 0 Å². The fourth-order valence-electron chi connectivity index (χ4n) is 5.38. The van der Waals surface area contributed by atoms with Crippen LogP contribution in [-0.2, 0) is 19.2 Å². The molecule has 14 heteroatoms. The molecule has 0 unspecified atom stereocenters. The number of aliphatic carboxylic acids is 1. The molecule has 5 aliphatic rings. The Labute approximate surface area is 209 Å². The highest BCUT2D eigenvalue weighted by Gasteiger charge is 2.55. The number of piperidine rings is 3. The van der Waals surface area contributed by atoms with Gasteiger partial charge in [0, 0.05) is 36.0 Å². The first kappa shape index (κ1) is 24.0. The molecule has 2 atom stereocenters. The summed E-state index contributed by atoms with van der Waals surface area (Å²) >= 11 is 2.54. The number of β-lactam (4-membered cyclic amide) rings is 1. The summed E-state index contributed by atoms with van der Waals surface area (Å²) in [5.74, 6) is -2.18. The molecular weight excluding hydrogens is 496 g/mol. The molecule has 0 spiro atoms. The van der Waals surface area contributed by atoms with Crippen LogP contribution in [0.15, 0.2) is 21.8 Å². The minimum Gasteiger partial charge on any atom is -0.543 e. The maximum absolute atomic E-state index is 13.0. The molecule has 35 heavy (non-hydrogen) atoms. The largest absolute Gasteiger partial charge is 0.543 e. The van der Waals surface area contributed by atoms with Crippen LogP contribution in [0.4, 0.5) is 5.13 Å². The Morgan fingerprint density at radius 3 is 2.66 bits per heavy atom. The predicted molar refractivity (Wildman–Crippen MR) is 126 cm³/mol. The molecule has 188 valence electrons. The first-order chi connectivity index (χ1) is 16.7. The lowest BCUT2D eigenvalue weighted by Crippen LogP contribution is -2.72. The van der Waals surface area contributed by atoms with Gasteiger partial charge in [-0.2, -0.15) is 0 Å². The number of carbonyl (C=O) groups excluding carboxylic acids is 3. The minimum absolute atomic E-state index is 0.0961. The Kier molecular flexibility index (Phi) is 6.02. The van der Waals surface area contributed by atoms with Crippen molar-refractivity contribution < 1.29 is 33.9 Å². The van der Waals surface area contributed by atoms with Crippen molar-refractivity contribution in [2.24, 2.45) is 5.16 Å². The van der Waals surface area contributed by atoms with Crippen molar-refractivity contribution in [2.45, 2.75) is 36.3 Å². The predicted octanol–water partition coefficient (Wildman–Crippen LogP) is -1.77. The summed E-state index contributed by atoms with van der Waals surface area (Å²) in [7, 11) is 1.28. The molecule has 4 N–H and O–H groups in total. The van der Waals surface area contributed by atoms with Gasteiger partial charge in [0.15, 0.2) is 10.8 Å². The molecular formula is C21H26N6O6S2. The highest BCUT2D eigenvalue weighted by atomic mass is 32.2. The van der Waals surface area contributed by atoms with Gasteiger partial charge in [-0.1, -0.05) is 5.16 Å². The van der Waals surface area contributed by atoms with Gasteiger partial charge in [-0.15, -0.1) is 23.1 Å². The number of hydrogen-bond acceptors (Lipinski definition) is 11. The number of thioether (sulfide) groups is 1. The zero-order valence-corrected chi connectivity index (χ0v) is 20.7. The van der Waals surface area contributed by atoms with Crippen molar-refractivity contribution in [2.75, 3.05) is 44.8 Å². The van der Waals surface area contributed by atoms with Crippen LogP contribution in [0.2, 0.25) is 0 Å². The number of quaternary nitrogens is 1. The highest BCUT2D eigenvalue weighted by molar-refractivity contribution is 8.00. The van der Waals surface area contributed by atoms with E-state index in [9.17, 15) is 24.6 Å². The first-order valence-corrected chi connectivity index (χ1v) is 13.2. The molecule has 6 heterocycles. The number of nitrogens with zero attached hydrogens (tertiary/aromatic N) is 4. The van der Waals surface area contributed by atoms with Crippen molar-refractivity contribution >= 4 is 51.7 Å². The van der Waals surface area contributed by atoms with Crippen molar-refractivity contribution in [1.82, 2.24) is 15.2 Å². The van der Waals surface area contributed by atoms with Crippen molar-refractivity contribution in [3.05, 3.63) is 22.3 Å². The number of thiazole rings is 1. The molecule has 2 amide bonds. The number of carbonyl (C=O) groups is 3. The summed E-state index contributed by atoms with van der Waals surface area (Å²) in [5, 5.41) is 30.2. The summed E-state index contributed by atoms with van der Waals surface area (Å²) in [5.41, 5.74) is 5.71. The lowest BCUT2D eigenvalue weighted by atomic mass is 9.81. The monoisotopic (exact) mass is 522 g/mol. The second kappa shape index (κ2) is 8.76. The SMILES string of the molecule is CO/N=C(\C(=O)N[C@@H]1C(=O)N2C(C(=O)[O-])=C(C[N+]34CCC(O)(CC3)CC4)CS[C@H]12)c1csc(N)n1. The molecule has 1 aromatic rings. The third kappa shape index (κ3) is 4.17. The molecule has 0 aromatic carbocycles. The lowest BCUT2D eigenvalue weighted by molar-refractivity contribution is -0.940. The minimum atomic E-state index is -1.40. The molecule has 4 saturated heterocycles. The van der Waals surface area contributed by atoms with Crippen molar-refractivity contribution in [3.8, 4) is 0 Å². The van der Waals surface area contributed by atoms with Gasteiger partial charge in [0.25, 0.3) is 11.8 Å². The van der Waals surface area contributed by atoms with E-state index in [1.54, 1.807) is 5.38 Å². The van der Waals surface area contributed by atoms with E-state index in [0.717, 1.165) is 35.5 Å². The molecule has 1 aromatic heterocycles. The summed E-state index contributed by atoms with van der Waals surface area (Å²) in [6.45, 7) is 2.85. The Morgan fingerprint density at radius 2 is 2.09 bits per heavy atom. The quantitative estimate of drug-likeness (QED) is 0.162. The lowest BCUT2D eigenvalue weighted by Gasteiger charge is -2.55. The average molecular weight is 523 g/mol. The summed E-state index contributed by atoms with van der Waals surface area (Å²) in [6, 6.07) is -0.923. The van der Waals surface area contributed by atoms with E-state index in [-0.39, 0.29) is 22.2 Å². The van der Waals surface area contributed by atoms with Crippen LogP contribution >= 0.6 is 23.1 Å². The molecule has 4 fully saturated rings. The van der Waals surface area contributed by atoms with Crippen LogP contribution in [0.5, 0.6) is 0 Å². The van der Waals surface area contributed by atoms with E-state index in [4.69, 9.17) is 10.6 Å². The van der Waals surface area contributed by atoms with Crippen LogP contribution in [0.3, 0.4) is 0 Å². The molecule has 2 bridgehead atoms. The third-order valence-electron chi connectivity index (χ3n) is 7.37. The first-order valence-electron chi connectivity index (χ1n) is 11.2. The summed E-state index contributed by atoms with van der Waals surface area (Å²) in [4.78, 5) is 48.1.